The molecule has 0 saturated carbocycles. The molecule has 0 fully saturated rings. The Kier molecular flexibility index (Phi) is 5.93. The van der Waals surface area contributed by atoms with E-state index < -0.39 is 0 Å². The first-order valence-corrected chi connectivity index (χ1v) is 11.4. The molecule has 5 rings (SSSR count). The number of carbonyl (C=O) groups excluding carboxylic acids is 1. The minimum Gasteiger partial charge on any atom is -0.497 e. The maximum atomic E-state index is 13.5. The molecular weight excluding hydrogens is 464 g/mol. The number of furan rings is 1. The monoisotopic (exact) mass is 482 g/mol. The van der Waals surface area contributed by atoms with Gasteiger partial charge in [0.1, 0.15) is 22.2 Å². The molecule has 1 aliphatic rings. The molecule has 7 nitrogen and oxygen atoms in total. The molecule has 1 amide bonds. The molecule has 0 spiro atoms. The first-order chi connectivity index (χ1) is 16.1. The van der Waals surface area contributed by atoms with Crippen molar-refractivity contribution < 1.29 is 23.4 Å². The molecule has 1 aliphatic heterocycles. The van der Waals surface area contributed by atoms with Crippen LogP contribution in [0.5, 0.6) is 17.2 Å². The van der Waals surface area contributed by atoms with Crippen molar-refractivity contribution in [2.75, 3.05) is 13.9 Å². The van der Waals surface area contributed by atoms with Crippen LogP contribution >= 0.6 is 22.9 Å². The zero-order valence-corrected chi connectivity index (χ0v) is 19.2. The molecule has 2 aromatic heterocycles. The molecule has 0 aliphatic carbocycles. The summed E-state index contributed by atoms with van der Waals surface area (Å²) in [5, 5.41) is 3.01. The van der Waals surface area contributed by atoms with Crippen LogP contribution in [-0.2, 0) is 13.1 Å². The molecule has 3 heterocycles. The van der Waals surface area contributed by atoms with Crippen molar-refractivity contribution in [3.63, 3.8) is 0 Å². The van der Waals surface area contributed by atoms with Gasteiger partial charge in [0.15, 0.2) is 11.5 Å². The minimum atomic E-state index is -0.226. The summed E-state index contributed by atoms with van der Waals surface area (Å²) >= 11 is 7.88. The van der Waals surface area contributed by atoms with E-state index in [2.05, 4.69) is 4.98 Å². The highest BCUT2D eigenvalue weighted by Gasteiger charge is 2.24. The Morgan fingerprint density at radius 1 is 1.15 bits per heavy atom. The number of aromatic nitrogens is 1. The Morgan fingerprint density at radius 2 is 1.94 bits per heavy atom. The Hall–Kier alpha value is -3.49. The van der Waals surface area contributed by atoms with Gasteiger partial charge in [-0.25, -0.2) is 4.98 Å². The topological polar surface area (TPSA) is 74.0 Å². The Bertz CT molecular complexity index is 1270. The first-order valence-electron chi connectivity index (χ1n) is 10.1. The predicted molar refractivity (Wildman–Crippen MR) is 124 cm³/mol. The number of halogens is 1. The highest BCUT2D eigenvalue weighted by molar-refractivity contribution is 7.13. The number of ether oxygens (including phenoxy) is 3. The van der Waals surface area contributed by atoms with Crippen molar-refractivity contribution in [1.29, 1.82) is 0 Å². The summed E-state index contributed by atoms with van der Waals surface area (Å²) in [4.78, 5) is 19.7. The number of nitrogens with zero attached hydrogens (tertiary/aromatic N) is 2. The number of carbonyl (C=O) groups is 1. The van der Waals surface area contributed by atoms with E-state index in [1.54, 1.807) is 41.9 Å². The molecule has 0 N–H and O–H groups in total. The van der Waals surface area contributed by atoms with E-state index in [0.717, 1.165) is 21.9 Å². The summed E-state index contributed by atoms with van der Waals surface area (Å²) in [6.45, 7) is 0.674. The van der Waals surface area contributed by atoms with Gasteiger partial charge >= 0.3 is 0 Å². The Labute approximate surface area is 199 Å². The van der Waals surface area contributed by atoms with Crippen LogP contribution < -0.4 is 14.2 Å². The van der Waals surface area contributed by atoms with E-state index in [9.17, 15) is 4.79 Å². The number of hydrogen-bond acceptors (Lipinski definition) is 7. The summed E-state index contributed by atoms with van der Waals surface area (Å²) < 4.78 is 21.6. The average Bonchev–Trinajstić information content (AvgIpc) is 3.60. The summed E-state index contributed by atoms with van der Waals surface area (Å²) in [7, 11) is 1.62. The number of benzene rings is 2. The van der Waals surface area contributed by atoms with Crippen LogP contribution in [0.2, 0.25) is 5.02 Å². The van der Waals surface area contributed by atoms with E-state index in [4.69, 9.17) is 30.2 Å². The van der Waals surface area contributed by atoms with Gasteiger partial charge in [-0.3, -0.25) is 4.79 Å². The minimum absolute atomic E-state index is 0.150. The standard InChI is InChI=1S/C24H19ClN2O5S/c1-29-17-6-4-15(5-7-17)23-26-20(13-33-23)24(28)27(12-18-3-2-8-30-18)11-16-9-21-22(10-19(16)25)32-14-31-21/h2-10,13H,11-12,14H2,1H3. The van der Waals surface area contributed by atoms with Crippen LogP contribution in [0.25, 0.3) is 10.6 Å². The molecule has 0 radical (unpaired) electrons. The van der Waals surface area contributed by atoms with Crippen molar-refractivity contribution in [2.24, 2.45) is 0 Å². The van der Waals surface area contributed by atoms with Crippen LogP contribution in [0.15, 0.2) is 64.6 Å². The van der Waals surface area contributed by atoms with Crippen LogP contribution in [0, 0.1) is 0 Å². The third-order valence-corrected chi connectivity index (χ3v) is 6.42. The second kappa shape index (κ2) is 9.17. The molecule has 33 heavy (non-hydrogen) atoms. The van der Waals surface area contributed by atoms with E-state index in [-0.39, 0.29) is 25.8 Å². The number of methoxy groups -OCH3 is 1. The summed E-state index contributed by atoms with van der Waals surface area (Å²) in [5.41, 5.74) is 2.01. The third-order valence-electron chi connectivity index (χ3n) is 5.18. The van der Waals surface area contributed by atoms with Crippen LogP contribution in [0.4, 0.5) is 0 Å². The maximum absolute atomic E-state index is 13.5. The lowest BCUT2D eigenvalue weighted by atomic mass is 10.1. The smallest absolute Gasteiger partial charge is 0.274 e. The van der Waals surface area contributed by atoms with Crippen molar-refractivity contribution in [1.82, 2.24) is 9.88 Å². The fraction of sp³-hybridized carbons (Fsp3) is 0.167. The van der Waals surface area contributed by atoms with Gasteiger partial charge < -0.3 is 23.5 Å². The second-order valence-corrected chi connectivity index (χ2v) is 8.57. The lowest BCUT2D eigenvalue weighted by Crippen LogP contribution is -2.30. The third kappa shape index (κ3) is 4.53. The first kappa shape index (κ1) is 21.4. The molecule has 0 saturated heterocycles. The average molecular weight is 483 g/mol. The van der Waals surface area contributed by atoms with Crippen LogP contribution in [-0.4, -0.2) is 29.7 Å². The molecule has 0 atom stereocenters. The molecule has 4 aromatic rings. The number of hydrogen-bond donors (Lipinski definition) is 0. The SMILES string of the molecule is COc1ccc(-c2nc(C(=O)N(Cc3ccco3)Cc3cc4c(cc3Cl)OCO4)cs2)cc1. The molecule has 168 valence electrons. The zero-order chi connectivity index (χ0) is 22.8. The number of thiazole rings is 1. The van der Waals surface area contributed by atoms with Crippen LogP contribution in [0.1, 0.15) is 21.8 Å². The van der Waals surface area contributed by atoms with Gasteiger partial charge in [-0.05, 0) is 48.0 Å². The van der Waals surface area contributed by atoms with Crippen molar-refractivity contribution in [3.05, 3.63) is 82.2 Å². The van der Waals surface area contributed by atoms with Crippen molar-refractivity contribution in [3.8, 4) is 27.8 Å². The molecule has 0 unspecified atom stereocenters. The van der Waals surface area contributed by atoms with E-state index in [1.807, 2.05) is 30.3 Å². The van der Waals surface area contributed by atoms with Gasteiger partial charge in [0, 0.05) is 28.6 Å². The van der Waals surface area contributed by atoms with E-state index in [0.29, 0.717) is 28.0 Å². The van der Waals surface area contributed by atoms with Gasteiger partial charge in [-0.1, -0.05) is 11.6 Å². The quantitative estimate of drug-likeness (QED) is 0.339. The van der Waals surface area contributed by atoms with Gasteiger partial charge in [0.05, 0.1) is 19.9 Å². The van der Waals surface area contributed by atoms with Crippen molar-refractivity contribution >= 4 is 28.8 Å². The fourth-order valence-electron chi connectivity index (χ4n) is 3.48. The predicted octanol–water partition coefficient (Wildman–Crippen LogP) is 5.64. The van der Waals surface area contributed by atoms with Crippen molar-refractivity contribution in [2.45, 2.75) is 13.1 Å². The zero-order valence-electron chi connectivity index (χ0n) is 17.6. The Balaban J connectivity index is 1.42. The highest BCUT2D eigenvalue weighted by Crippen LogP contribution is 2.37. The summed E-state index contributed by atoms with van der Waals surface area (Å²) in [5.74, 6) is 2.39. The maximum Gasteiger partial charge on any atom is 0.274 e. The Morgan fingerprint density at radius 3 is 2.67 bits per heavy atom. The normalized spacial score (nSPS) is 12.1. The van der Waals surface area contributed by atoms with Gasteiger partial charge in [0.25, 0.3) is 5.91 Å². The lowest BCUT2D eigenvalue weighted by Gasteiger charge is -2.21. The van der Waals surface area contributed by atoms with Gasteiger partial charge in [-0.2, -0.15) is 0 Å². The molecule has 2 aromatic carbocycles. The summed E-state index contributed by atoms with van der Waals surface area (Å²) in [6, 6.07) is 14.7. The fourth-order valence-corrected chi connectivity index (χ4v) is 4.49. The van der Waals surface area contributed by atoms with E-state index in [1.165, 1.54) is 11.3 Å². The molecule has 0 bridgehead atoms. The largest absolute Gasteiger partial charge is 0.497 e. The highest BCUT2D eigenvalue weighted by atomic mass is 35.5. The summed E-state index contributed by atoms with van der Waals surface area (Å²) in [6.07, 6.45) is 1.58. The van der Waals surface area contributed by atoms with Crippen LogP contribution in [0.3, 0.4) is 0 Å². The lowest BCUT2D eigenvalue weighted by molar-refractivity contribution is 0.0712. The number of rotatable bonds is 7. The molecule has 9 heteroatoms. The molecular formula is C24H19ClN2O5S. The number of fused-ring (bicyclic) bond motifs is 1. The van der Waals surface area contributed by atoms with Gasteiger partial charge in [0.2, 0.25) is 6.79 Å². The van der Waals surface area contributed by atoms with Gasteiger partial charge in [-0.15, -0.1) is 11.3 Å². The number of amides is 1. The van der Waals surface area contributed by atoms with E-state index >= 15 is 0 Å². The second-order valence-electron chi connectivity index (χ2n) is 7.30.